The number of benzene rings is 1. The van der Waals surface area contributed by atoms with Crippen molar-refractivity contribution in [1.29, 1.82) is 0 Å². The van der Waals surface area contributed by atoms with Crippen molar-refractivity contribution in [3.63, 3.8) is 0 Å². The first kappa shape index (κ1) is 5.82. The summed E-state index contributed by atoms with van der Waals surface area (Å²) in [7, 11) is 0. The van der Waals surface area contributed by atoms with Gasteiger partial charge in [0.25, 0.3) is 0 Å². The monoisotopic (exact) mass is 122 g/mol. The summed E-state index contributed by atoms with van der Waals surface area (Å²) in [4.78, 5) is 0. The Hall–Kier alpha value is -1.31. The fourth-order valence-corrected chi connectivity index (χ4v) is 0.628. The van der Waals surface area contributed by atoms with Gasteiger partial charge in [0.15, 0.2) is 6.21 Å². The van der Waals surface area contributed by atoms with Crippen molar-refractivity contribution >= 4 is 6.21 Å². The summed E-state index contributed by atoms with van der Waals surface area (Å²) in [6.45, 7) is 0. The molecule has 2 nitrogen and oxygen atoms in total. The third-order valence-corrected chi connectivity index (χ3v) is 1.12. The molecule has 0 heterocycles. The molecule has 0 saturated heterocycles. The molecule has 0 spiro atoms. The van der Waals surface area contributed by atoms with Gasteiger partial charge in [0, 0.05) is 0 Å². The predicted molar refractivity (Wildman–Crippen MR) is 35.2 cm³/mol. The van der Waals surface area contributed by atoms with E-state index in [0.717, 1.165) is 0 Å². The van der Waals surface area contributed by atoms with Gasteiger partial charge in [-0.25, -0.2) is 0 Å². The molecule has 3 N–H and O–H groups in total. The minimum absolute atomic E-state index is 0.222. The Morgan fingerprint density at radius 1 is 1.33 bits per heavy atom. The number of nitrogens with two attached hydrogens (primary N) is 1. The van der Waals surface area contributed by atoms with Gasteiger partial charge in [0.2, 0.25) is 0 Å². The number of hydrogen-bond donors (Lipinski definition) is 2. The van der Waals surface area contributed by atoms with Crippen LogP contribution in [0.25, 0.3) is 0 Å². The minimum Gasteiger partial charge on any atom is -0.507 e. The van der Waals surface area contributed by atoms with Crippen LogP contribution in [0.1, 0.15) is 5.56 Å². The van der Waals surface area contributed by atoms with Crippen LogP contribution in [-0.2, 0) is 0 Å². The van der Waals surface area contributed by atoms with Gasteiger partial charge >= 0.3 is 0 Å². The van der Waals surface area contributed by atoms with E-state index >= 15 is 0 Å². The molecule has 0 saturated carbocycles. The maximum Gasteiger partial charge on any atom is 0.171 e. The highest BCUT2D eigenvalue weighted by molar-refractivity contribution is 5.78. The number of phenolic OH excluding ortho intramolecular Hbond substituents is 1. The van der Waals surface area contributed by atoms with Crippen molar-refractivity contribution in [2.24, 2.45) is 0 Å². The lowest BCUT2D eigenvalue weighted by Crippen LogP contribution is -2.29. The predicted octanol–water partition coefficient (Wildman–Crippen LogP) is -0.430. The Morgan fingerprint density at radius 2 is 2.00 bits per heavy atom. The Morgan fingerprint density at radius 3 is 2.44 bits per heavy atom. The van der Waals surface area contributed by atoms with Crippen molar-refractivity contribution in [2.75, 3.05) is 0 Å². The zero-order valence-corrected chi connectivity index (χ0v) is 4.91. The van der Waals surface area contributed by atoms with Crippen molar-refractivity contribution in [2.45, 2.75) is 0 Å². The molecule has 0 aliphatic heterocycles. The molecule has 46 valence electrons. The van der Waals surface area contributed by atoms with Crippen LogP contribution in [0.2, 0.25) is 0 Å². The maximum atomic E-state index is 9.00. The molecule has 0 bridgehead atoms. The van der Waals surface area contributed by atoms with Crippen LogP contribution in [0.4, 0.5) is 0 Å². The summed E-state index contributed by atoms with van der Waals surface area (Å²) < 4.78 is 0. The number of rotatable bonds is 1. The molecule has 0 aromatic heterocycles. The normalized spacial score (nSPS) is 8.89. The van der Waals surface area contributed by atoms with Crippen LogP contribution in [0.5, 0.6) is 5.75 Å². The summed E-state index contributed by atoms with van der Waals surface area (Å²) >= 11 is 0. The molecule has 0 unspecified atom stereocenters. The fraction of sp³-hybridized carbons (Fsp3) is 0. The van der Waals surface area contributed by atoms with Gasteiger partial charge in [0.05, 0.1) is 5.56 Å². The van der Waals surface area contributed by atoms with Gasteiger partial charge in [-0.05, 0) is 12.1 Å². The first-order chi connectivity index (χ1) is 4.34. The van der Waals surface area contributed by atoms with Crippen molar-refractivity contribution < 1.29 is 10.5 Å². The second-order valence-electron chi connectivity index (χ2n) is 1.73. The van der Waals surface area contributed by atoms with Crippen LogP contribution >= 0.6 is 0 Å². The summed E-state index contributed by atoms with van der Waals surface area (Å²) in [6, 6.07) is 6.91. The van der Waals surface area contributed by atoms with Crippen molar-refractivity contribution in [3.05, 3.63) is 29.8 Å². The van der Waals surface area contributed by atoms with Gasteiger partial charge in [0.1, 0.15) is 5.75 Å². The zero-order chi connectivity index (χ0) is 6.69. The molecular formula is C7H8NO+. The molecule has 9 heavy (non-hydrogen) atoms. The van der Waals surface area contributed by atoms with E-state index in [1.807, 2.05) is 6.07 Å². The Balaban J connectivity index is 3.15. The lowest BCUT2D eigenvalue weighted by Gasteiger charge is -1.90. The van der Waals surface area contributed by atoms with Crippen LogP contribution < -0.4 is 5.41 Å². The number of para-hydroxylation sites is 1. The molecule has 0 atom stereocenters. The van der Waals surface area contributed by atoms with E-state index in [4.69, 9.17) is 10.5 Å². The van der Waals surface area contributed by atoms with E-state index < -0.39 is 0 Å². The van der Waals surface area contributed by atoms with Crippen LogP contribution in [-0.4, -0.2) is 11.3 Å². The summed E-state index contributed by atoms with van der Waals surface area (Å²) in [5, 5.41) is 14.2. The lowest BCUT2D eigenvalue weighted by molar-refractivity contribution is -0.104. The van der Waals surface area contributed by atoms with Crippen LogP contribution in [0.15, 0.2) is 24.3 Å². The molecule has 0 aliphatic rings. The molecule has 0 aliphatic carbocycles. The third-order valence-electron chi connectivity index (χ3n) is 1.12. The smallest absolute Gasteiger partial charge is 0.171 e. The second kappa shape index (κ2) is 2.31. The van der Waals surface area contributed by atoms with E-state index in [9.17, 15) is 0 Å². The van der Waals surface area contributed by atoms with Gasteiger partial charge in [-0.1, -0.05) is 12.1 Å². The zero-order valence-electron chi connectivity index (χ0n) is 4.91. The van der Waals surface area contributed by atoms with Gasteiger partial charge in [-0.3, -0.25) is 5.41 Å². The summed E-state index contributed by atoms with van der Waals surface area (Å²) in [6.07, 6.45) is 1.37. The molecule has 2 heteroatoms. The summed E-state index contributed by atoms with van der Waals surface area (Å²) in [5.74, 6) is 0.222. The maximum absolute atomic E-state index is 9.00. The third kappa shape index (κ3) is 1.08. The van der Waals surface area contributed by atoms with Gasteiger partial charge < -0.3 is 5.11 Å². The molecular weight excluding hydrogens is 114 g/mol. The lowest BCUT2D eigenvalue weighted by atomic mass is 10.2. The van der Waals surface area contributed by atoms with Crippen molar-refractivity contribution in [3.8, 4) is 5.75 Å². The number of phenols is 1. The number of hydrogen-bond acceptors (Lipinski definition) is 1. The second-order valence-corrected chi connectivity index (χ2v) is 1.73. The van der Waals surface area contributed by atoms with Gasteiger partial charge in [-0.2, -0.15) is 0 Å². The Bertz CT molecular complexity index is 220. The highest BCUT2D eigenvalue weighted by atomic mass is 16.3. The van der Waals surface area contributed by atoms with Crippen LogP contribution in [0, 0.1) is 0 Å². The van der Waals surface area contributed by atoms with Crippen molar-refractivity contribution in [1.82, 2.24) is 0 Å². The first-order valence-corrected chi connectivity index (χ1v) is 2.67. The average molecular weight is 122 g/mol. The number of aromatic hydroxyl groups is 1. The van der Waals surface area contributed by atoms with E-state index in [1.165, 1.54) is 6.21 Å². The Kier molecular flexibility index (Phi) is 1.49. The SMILES string of the molecule is [NH2+]=Cc1ccccc1O. The highest BCUT2D eigenvalue weighted by Gasteiger charge is 1.94. The minimum atomic E-state index is 0.222. The fourth-order valence-electron chi connectivity index (χ4n) is 0.628. The quantitative estimate of drug-likeness (QED) is 0.488. The highest BCUT2D eigenvalue weighted by Crippen LogP contribution is 2.11. The Labute approximate surface area is 53.3 Å². The largest absolute Gasteiger partial charge is 0.507 e. The molecule has 0 amide bonds. The van der Waals surface area contributed by atoms with Crippen LogP contribution in [0.3, 0.4) is 0 Å². The first-order valence-electron chi connectivity index (χ1n) is 2.67. The van der Waals surface area contributed by atoms with Gasteiger partial charge in [-0.15, -0.1) is 0 Å². The molecule has 1 aromatic rings. The van der Waals surface area contributed by atoms with E-state index in [0.29, 0.717) is 5.56 Å². The topological polar surface area (TPSA) is 45.8 Å². The molecule has 1 aromatic carbocycles. The molecule has 0 fully saturated rings. The van der Waals surface area contributed by atoms with E-state index in [2.05, 4.69) is 0 Å². The standard InChI is InChI=1S/C7H7NO/c8-5-6-3-1-2-4-7(6)9/h1-5,8-9H/p+1. The molecule has 1 rings (SSSR count). The van der Waals surface area contributed by atoms with E-state index in [1.54, 1.807) is 18.2 Å². The average Bonchev–Trinajstić information content (AvgIpc) is 1.89. The summed E-state index contributed by atoms with van der Waals surface area (Å²) in [5.41, 5.74) is 0.664. The molecule has 0 radical (unpaired) electrons. The van der Waals surface area contributed by atoms with E-state index in [-0.39, 0.29) is 5.75 Å².